The first-order valence-electron chi connectivity index (χ1n) is 15.9. The predicted octanol–water partition coefficient (Wildman–Crippen LogP) is 7.19. The van der Waals surface area contributed by atoms with Gasteiger partial charge >= 0.3 is 5.97 Å². The summed E-state index contributed by atoms with van der Waals surface area (Å²) in [7, 11) is -4.05. The second kappa shape index (κ2) is 13.2. The van der Waals surface area contributed by atoms with Crippen molar-refractivity contribution in [1.82, 2.24) is 4.72 Å². The summed E-state index contributed by atoms with van der Waals surface area (Å²) in [6.07, 6.45) is 10.6. The average Bonchev–Trinajstić information content (AvgIpc) is 3.05. The fraction of sp³-hybridized carbons (Fsp3) is 0.389. The van der Waals surface area contributed by atoms with Gasteiger partial charge in [0.05, 0.1) is 4.90 Å². The molecule has 4 aromatic rings. The van der Waals surface area contributed by atoms with E-state index in [2.05, 4.69) is 22.9 Å². The number of nitrogens with one attached hydrogen (secondary N) is 1. The molecule has 0 radical (unpaired) electrons. The summed E-state index contributed by atoms with van der Waals surface area (Å²) in [6, 6.07) is 19.6. The number of nitrogens with zero attached hydrogens (tertiary/aromatic N) is 1. The van der Waals surface area contributed by atoms with Crippen LogP contribution >= 0.6 is 0 Å². The first-order valence-corrected chi connectivity index (χ1v) is 17.4. The van der Waals surface area contributed by atoms with Crippen molar-refractivity contribution >= 4 is 27.0 Å². The standard InChI is InChI=1S/C36H40N2O6S/c1-3-4-11-27-23-33(42-32-24-31-28(22-30(27)32)18-21-36(43-31)19-9-6-10-20-36)37-44-35(39)34(26-12-7-5-8-13-26)38-45(40,41)29-16-14-25(2)15-17-29/h5,7-8,12-17,22-24,34,38H,3-4,6,9-11,18-21H2,1-2H3. The number of benzene rings is 3. The van der Waals surface area contributed by atoms with Crippen molar-refractivity contribution in [2.45, 2.75) is 94.6 Å². The Balaban J connectivity index is 1.32. The van der Waals surface area contributed by atoms with E-state index < -0.39 is 22.0 Å². The monoisotopic (exact) mass is 628 g/mol. The van der Waals surface area contributed by atoms with Gasteiger partial charge in [-0.25, -0.2) is 13.2 Å². The van der Waals surface area contributed by atoms with Crippen LogP contribution in [0.4, 0.5) is 0 Å². The molecule has 0 bridgehead atoms. The lowest BCUT2D eigenvalue weighted by Crippen LogP contribution is -2.41. The zero-order chi connectivity index (χ0) is 31.4. The summed E-state index contributed by atoms with van der Waals surface area (Å²) in [5, 5.41) is 5.09. The molecule has 3 aromatic carbocycles. The first-order chi connectivity index (χ1) is 21.7. The molecule has 9 heteroatoms. The van der Waals surface area contributed by atoms with Gasteiger partial charge < -0.3 is 14.0 Å². The quantitative estimate of drug-likeness (QED) is 0.155. The Labute approximate surface area is 264 Å². The maximum atomic E-state index is 13.5. The maximum Gasteiger partial charge on any atom is 0.357 e. The second-order valence-corrected chi connectivity index (χ2v) is 14.0. The largest absolute Gasteiger partial charge is 0.487 e. The third-order valence-corrected chi connectivity index (χ3v) is 10.4. The zero-order valence-electron chi connectivity index (χ0n) is 25.9. The van der Waals surface area contributed by atoms with Crippen LogP contribution in [0.15, 0.2) is 87.3 Å². The molecule has 1 saturated carbocycles. The van der Waals surface area contributed by atoms with Crippen molar-refractivity contribution in [3.8, 4) is 5.75 Å². The van der Waals surface area contributed by atoms with Crippen LogP contribution in [0.3, 0.4) is 0 Å². The molecule has 0 amide bonds. The number of rotatable bonds is 9. The van der Waals surface area contributed by atoms with E-state index in [1.807, 2.05) is 13.0 Å². The van der Waals surface area contributed by atoms with Gasteiger partial charge in [-0.3, -0.25) is 0 Å². The van der Waals surface area contributed by atoms with Crippen LogP contribution in [-0.2, 0) is 32.5 Å². The minimum Gasteiger partial charge on any atom is -0.487 e. The molecule has 1 N–H and O–H groups in total. The Morgan fingerprint density at radius 1 is 1.00 bits per heavy atom. The maximum absolute atomic E-state index is 13.5. The molecule has 1 aliphatic heterocycles. The van der Waals surface area contributed by atoms with Crippen LogP contribution in [0.1, 0.15) is 86.6 Å². The number of carbonyl (C=O) groups is 1. The summed E-state index contributed by atoms with van der Waals surface area (Å²) in [5.74, 6) is -0.0278. The van der Waals surface area contributed by atoms with Gasteiger partial charge in [-0.15, -0.1) is 0 Å². The second-order valence-electron chi connectivity index (χ2n) is 12.3. The van der Waals surface area contributed by atoms with Crippen molar-refractivity contribution in [2.24, 2.45) is 5.16 Å². The number of sulfonamides is 1. The predicted molar refractivity (Wildman–Crippen MR) is 172 cm³/mol. The van der Waals surface area contributed by atoms with Crippen molar-refractivity contribution in [2.75, 3.05) is 0 Å². The van der Waals surface area contributed by atoms with E-state index in [9.17, 15) is 13.2 Å². The molecule has 236 valence electrons. The van der Waals surface area contributed by atoms with Gasteiger partial charge in [0.25, 0.3) is 5.55 Å². The van der Waals surface area contributed by atoms with E-state index in [1.165, 1.54) is 37.0 Å². The first kappa shape index (κ1) is 31.0. The van der Waals surface area contributed by atoms with Crippen LogP contribution in [0.2, 0.25) is 0 Å². The molecule has 2 heterocycles. The van der Waals surface area contributed by atoms with Gasteiger partial charge in [-0.2, -0.15) is 4.72 Å². The van der Waals surface area contributed by atoms with Gasteiger partial charge in [0, 0.05) is 17.5 Å². The number of hydrogen-bond acceptors (Lipinski definition) is 7. The Kier molecular flexibility index (Phi) is 9.10. The highest BCUT2D eigenvalue weighted by molar-refractivity contribution is 7.89. The highest BCUT2D eigenvalue weighted by Gasteiger charge is 2.37. The molecule has 1 spiro atoms. The molecular formula is C36H40N2O6S. The van der Waals surface area contributed by atoms with Gasteiger partial charge in [0.2, 0.25) is 10.0 Å². The van der Waals surface area contributed by atoms with E-state index in [4.69, 9.17) is 14.0 Å². The molecule has 0 saturated heterocycles. The van der Waals surface area contributed by atoms with Crippen molar-refractivity contribution in [3.63, 3.8) is 0 Å². The summed E-state index contributed by atoms with van der Waals surface area (Å²) < 4.78 is 41.8. The summed E-state index contributed by atoms with van der Waals surface area (Å²) >= 11 is 0. The van der Waals surface area contributed by atoms with Gasteiger partial charge in [-0.1, -0.05) is 67.8 Å². The molecule has 1 aliphatic carbocycles. The van der Waals surface area contributed by atoms with Crippen LogP contribution in [0.5, 0.6) is 5.75 Å². The summed E-state index contributed by atoms with van der Waals surface area (Å²) in [5.41, 5.74) is 4.23. The fourth-order valence-electron chi connectivity index (χ4n) is 6.40. The van der Waals surface area contributed by atoms with Crippen molar-refractivity contribution < 1.29 is 27.2 Å². The minimum absolute atomic E-state index is 0.0458. The highest BCUT2D eigenvalue weighted by atomic mass is 32.2. The summed E-state index contributed by atoms with van der Waals surface area (Å²) in [4.78, 5) is 18.9. The molecule has 45 heavy (non-hydrogen) atoms. The van der Waals surface area contributed by atoms with Gasteiger partial charge in [0.15, 0.2) is 0 Å². The third kappa shape index (κ3) is 6.99. The van der Waals surface area contributed by atoms with E-state index in [0.717, 1.165) is 67.2 Å². The van der Waals surface area contributed by atoms with Crippen LogP contribution in [0.25, 0.3) is 11.0 Å². The molecule has 1 fully saturated rings. The van der Waals surface area contributed by atoms with Crippen molar-refractivity contribution in [3.05, 3.63) is 101 Å². The van der Waals surface area contributed by atoms with Crippen LogP contribution in [0, 0.1) is 6.92 Å². The minimum atomic E-state index is -4.05. The number of aryl methyl sites for hydroxylation is 3. The van der Waals surface area contributed by atoms with Gasteiger partial charge in [0.1, 0.15) is 23.0 Å². The molecule has 8 nitrogen and oxygen atoms in total. The number of unbranched alkanes of at least 4 members (excludes halogenated alkanes) is 1. The van der Waals surface area contributed by atoms with E-state index in [-0.39, 0.29) is 16.1 Å². The SMILES string of the molecule is CCCCc1cc(=NOC(=O)C(NS(=O)(=O)c2ccc(C)cc2)c2ccccc2)oc2cc3c(cc12)CCC1(CCCCC1)O3. The number of hydrogen-bond donors (Lipinski definition) is 1. The molecule has 1 atom stereocenters. The van der Waals surface area contributed by atoms with Crippen LogP contribution in [-0.4, -0.2) is 20.0 Å². The van der Waals surface area contributed by atoms with E-state index in [0.29, 0.717) is 11.1 Å². The van der Waals surface area contributed by atoms with Crippen molar-refractivity contribution in [1.29, 1.82) is 0 Å². The Bertz CT molecular complexity index is 1840. The highest BCUT2D eigenvalue weighted by Crippen LogP contribution is 2.43. The average molecular weight is 629 g/mol. The molecule has 1 aromatic heterocycles. The topological polar surface area (TPSA) is 107 Å². The Hall–Kier alpha value is -3.95. The molecule has 1 unspecified atom stereocenters. The Morgan fingerprint density at radius 3 is 2.49 bits per heavy atom. The van der Waals surface area contributed by atoms with E-state index >= 15 is 0 Å². The lowest BCUT2D eigenvalue weighted by molar-refractivity contribution is -0.146. The molecule has 2 aliphatic rings. The fourth-order valence-corrected chi connectivity index (χ4v) is 7.57. The number of carbonyl (C=O) groups excluding carboxylic acids is 1. The Morgan fingerprint density at radius 2 is 1.76 bits per heavy atom. The molecular weight excluding hydrogens is 588 g/mol. The van der Waals surface area contributed by atoms with Gasteiger partial charge in [-0.05, 0) is 98.3 Å². The normalized spacial score (nSPS) is 17.1. The number of fused-ring (bicyclic) bond motifs is 2. The van der Waals surface area contributed by atoms with E-state index in [1.54, 1.807) is 48.5 Å². The smallest absolute Gasteiger partial charge is 0.357 e. The zero-order valence-corrected chi connectivity index (χ0v) is 26.7. The lowest BCUT2D eigenvalue weighted by atomic mass is 9.79. The third-order valence-electron chi connectivity index (χ3n) is 8.96. The molecule has 6 rings (SSSR count). The summed E-state index contributed by atoms with van der Waals surface area (Å²) in [6.45, 7) is 4.01. The lowest BCUT2D eigenvalue weighted by Gasteiger charge is -2.41. The number of ether oxygens (including phenoxy) is 1. The van der Waals surface area contributed by atoms with Crippen LogP contribution < -0.4 is 15.0 Å².